The second-order valence-corrected chi connectivity index (χ2v) is 4.13. The molecule has 9 heteroatoms. The van der Waals surface area contributed by atoms with Crippen LogP contribution in [-0.4, -0.2) is 39.5 Å². The Morgan fingerprint density at radius 1 is 0.783 bits per heavy atom. The van der Waals surface area contributed by atoms with Gasteiger partial charge in [-0.1, -0.05) is 0 Å². The van der Waals surface area contributed by atoms with Gasteiger partial charge in [-0.2, -0.15) is 0 Å². The van der Waals surface area contributed by atoms with Crippen molar-refractivity contribution < 1.29 is 30.0 Å². The van der Waals surface area contributed by atoms with Crippen molar-refractivity contribution in [1.82, 2.24) is 0 Å². The molecule has 2 aromatic carbocycles. The monoisotopic (exact) mass is 331 g/mol. The largest absolute Gasteiger partial charge is 2.00 e. The van der Waals surface area contributed by atoms with Crippen molar-refractivity contribution in [3.05, 3.63) is 47.5 Å². The van der Waals surface area contributed by atoms with Crippen LogP contribution in [0.25, 0.3) is 0 Å². The van der Waals surface area contributed by atoms with Crippen molar-refractivity contribution in [1.29, 1.82) is 0 Å². The number of carboxylic acids is 2. The number of carbonyl (C=O) groups excluding carboxylic acids is 2. The zero-order valence-corrected chi connectivity index (χ0v) is 12.9. The van der Waals surface area contributed by atoms with Gasteiger partial charge in [0.25, 0.3) is 0 Å². The van der Waals surface area contributed by atoms with Gasteiger partial charge in [-0.05, 0) is 24.3 Å². The number of carboxylic acid groups (broad SMARTS) is 2. The molecule has 117 valence electrons. The number of rotatable bonds is 2. The molecule has 0 unspecified atom stereocenters. The van der Waals surface area contributed by atoms with E-state index in [1.807, 2.05) is 0 Å². The summed E-state index contributed by atoms with van der Waals surface area (Å²) < 4.78 is 0. The molecular formula is C14H12AlN2O6. The van der Waals surface area contributed by atoms with Gasteiger partial charge >= 0.3 is 17.4 Å². The first-order chi connectivity index (χ1) is 10.2. The zero-order valence-electron chi connectivity index (χ0n) is 11.7. The Kier molecular flexibility index (Phi) is 7.46. The number of nitrogen functional groups attached to an aromatic ring is 2. The van der Waals surface area contributed by atoms with Crippen LogP contribution in [0.15, 0.2) is 36.4 Å². The maximum absolute atomic E-state index is 10.2. The molecule has 2 rings (SSSR count). The minimum Gasteiger partial charge on any atom is -0.545 e. The Morgan fingerprint density at radius 3 is 1.30 bits per heavy atom. The standard InChI is InChI=1S/2C7H7NO3.Al/c2*8-4-1-2-5(7(10)11)6(9)3-4;/h2*1-3,9H,8H2,(H,10,11);/q;;+2/p-2. The third-order valence-corrected chi connectivity index (χ3v) is 2.48. The predicted octanol–water partition coefficient (Wildman–Crippen LogP) is -1.71. The molecule has 0 saturated carbocycles. The molecule has 0 heterocycles. The van der Waals surface area contributed by atoms with Gasteiger partial charge in [0, 0.05) is 34.6 Å². The van der Waals surface area contributed by atoms with Crippen LogP contribution in [0.3, 0.4) is 0 Å². The average Bonchev–Trinajstić information content (AvgIpc) is 2.38. The van der Waals surface area contributed by atoms with Gasteiger partial charge < -0.3 is 41.5 Å². The third kappa shape index (κ3) is 5.78. The van der Waals surface area contributed by atoms with Gasteiger partial charge in [-0.15, -0.1) is 0 Å². The number of nitrogens with two attached hydrogens (primary N) is 2. The molecule has 8 nitrogen and oxygen atoms in total. The van der Waals surface area contributed by atoms with E-state index in [2.05, 4.69) is 0 Å². The van der Waals surface area contributed by atoms with Crippen molar-refractivity contribution in [2.75, 3.05) is 11.5 Å². The summed E-state index contributed by atoms with van der Waals surface area (Å²) in [6, 6.07) is 7.46. The van der Waals surface area contributed by atoms with E-state index in [9.17, 15) is 19.8 Å². The topological polar surface area (TPSA) is 173 Å². The van der Waals surface area contributed by atoms with E-state index in [1.54, 1.807) is 0 Å². The van der Waals surface area contributed by atoms with Crippen LogP contribution >= 0.6 is 0 Å². The quantitative estimate of drug-likeness (QED) is 0.372. The van der Waals surface area contributed by atoms with Gasteiger partial charge in [0.15, 0.2) is 0 Å². The van der Waals surface area contributed by atoms with Gasteiger partial charge in [-0.25, -0.2) is 0 Å². The molecule has 0 aromatic heterocycles. The molecule has 0 bridgehead atoms. The number of hydrogen-bond acceptors (Lipinski definition) is 8. The maximum Gasteiger partial charge on any atom is 2.00 e. The second-order valence-electron chi connectivity index (χ2n) is 4.13. The van der Waals surface area contributed by atoms with Gasteiger partial charge in [0.2, 0.25) is 0 Å². The number of phenols is 2. The van der Waals surface area contributed by atoms with Crippen LogP contribution in [-0.2, 0) is 0 Å². The molecular weight excluding hydrogens is 319 g/mol. The molecule has 2 aromatic rings. The molecule has 0 aliphatic heterocycles. The minimum absolute atomic E-state index is 0. The molecule has 0 spiro atoms. The zero-order chi connectivity index (χ0) is 16.9. The molecule has 0 aliphatic carbocycles. The fourth-order valence-corrected chi connectivity index (χ4v) is 1.44. The van der Waals surface area contributed by atoms with Crippen LogP contribution in [0, 0.1) is 0 Å². The number of hydrogen-bond donors (Lipinski definition) is 4. The Hall–Kier alpha value is -2.89. The number of aromatic carboxylic acids is 2. The summed E-state index contributed by atoms with van der Waals surface area (Å²) in [7, 11) is 0. The summed E-state index contributed by atoms with van der Waals surface area (Å²) in [6.45, 7) is 0. The van der Waals surface area contributed by atoms with Crippen molar-refractivity contribution in [3.63, 3.8) is 0 Å². The van der Waals surface area contributed by atoms with E-state index in [0.717, 1.165) is 12.1 Å². The fraction of sp³-hybridized carbons (Fsp3) is 0. The summed E-state index contributed by atoms with van der Waals surface area (Å²) in [4.78, 5) is 20.4. The molecule has 1 radical (unpaired) electrons. The predicted molar refractivity (Wildman–Crippen MR) is 79.5 cm³/mol. The van der Waals surface area contributed by atoms with E-state index < -0.39 is 11.9 Å². The first kappa shape index (κ1) is 20.1. The number of benzene rings is 2. The number of carbonyl (C=O) groups is 2. The smallest absolute Gasteiger partial charge is 0.545 e. The van der Waals surface area contributed by atoms with Crippen LogP contribution in [0.2, 0.25) is 0 Å². The molecule has 0 atom stereocenters. The fourth-order valence-electron chi connectivity index (χ4n) is 1.44. The molecule has 0 aliphatic rings. The van der Waals surface area contributed by atoms with Crippen molar-refractivity contribution in [3.8, 4) is 11.5 Å². The Balaban J connectivity index is 0.000000403. The molecule has 0 fully saturated rings. The van der Waals surface area contributed by atoms with Crippen LogP contribution in [0.1, 0.15) is 20.7 Å². The van der Waals surface area contributed by atoms with Crippen molar-refractivity contribution in [2.24, 2.45) is 0 Å². The van der Waals surface area contributed by atoms with Crippen molar-refractivity contribution >= 4 is 40.7 Å². The van der Waals surface area contributed by atoms with Gasteiger partial charge in [0.05, 0.1) is 11.9 Å². The van der Waals surface area contributed by atoms with Crippen LogP contribution < -0.4 is 21.7 Å². The van der Waals surface area contributed by atoms with Gasteiger partial charge in [0.1, 0.15) is 11.5 Å². The SMILES string of the molecule is Nc1ccc(C(=O)[O-])c(O)c1.Nc1ccc(C(=O)[O-])c(O)c1.[Al+2]. The number of aromatic hydroxyl groups is 2. The van der Waals surface area contributed by atoms with Crippen LogP contribution in [0.4, 0.5) is 11.4 Å². The van der Waals surface area contributed by atoms with E-state index in [1.165, 1.54) is 24.3 Å². The van der Waals surface area contributed by atoms with E-state index in [0.29, 0.717) is 11.4 Å². The number of anilines is 2. The Labute approximate surface area is 141 Å². The average molecular weight is 331 g/mol. The molecule has 0 amide bonds. The summed E-state index contributed by atoms with van der Waals surface area (Å²) in [5.41, 5.74) is 10.6. The normalized spacial score (nSPS) is 9.04. The summed E-state index contributed by atoms with van der Waals surface area (Å²) >= 11 is 0. The summed E-state index contributed by atoms with van der Waals surface area (Å²) in [5.74, 6) is -3.57. The summed E-state index contributed by atoms with van der Waals surface area (Å²) in [6.07, 6.45) is 0. The molecule has 6 N–H and O–H groups in total. The van der Waals surface area contributed by atoms with E-state index in [4.69, 9.17) is 21.7 Å². The van der Waals surface area contributed by atoms with E-state index >= 15 is 0 Å². The third-order valence-electron chi connectivity index (χ3n) is 2.48. The molecule has 23 heavy (non-hydrogen) atoms. The first-order valence-corrected chi connectivity index (χ1v) is 5.82. The minimum atomic E-state index is -1.41. The Morgan fingerprint density at radius 2 is 1.09 bits per heavy atom. The van der Waals surface area contributed by atoms with Crippen molar-refractivity contribution in [2.45, 2.75) is 0 Å². The van der Waals surface area contributed by atoms with E-state index in [-0.39, 0.29) is 40.0 Å². The second kappa shape index (κ2) is 8.53. The first-order valence-electron chi connectivity index (χ1n) is 5.82. The Bertz CT molecular complexity index is 659. The molecule has 0 saturated heterocycles. The summed E-state index contributed by atoms with van der Waals surface area (Å²) in [5, 5.41) is 38.4. The van der Waals surface area contributed by atoms with Gasteiger partial charge in [-0.3, -0.25) is 0 Å². The van der Waals surface area contributed by atoms with Crippen LogP contribution in [0.5, 0.6) is 11.5 Å². The maximum atomic E-state index is 10.2.